The average Bonchev–Trinajstić information content (AvgIpc) is 2.39. The lowest BCUT2D eigenvalue weighted by molar-refractivity contribution is -0.133. The minimum absolute atomic E-state index is 0.00421. The summed E-state index contributed by atoms with van der Waals surface area (Å²) in [5.74, 6) is 0.0271. The molecule has 102 valence electrons. The standard InChI is InChI=1S/C15H20N2O2/c1-3-16-15(19)10-14-13-7-5-4-6-12(13)8-9-17(14)11(2)18/h4-7,14H,3,8-10H2,1-2H3,(H,16,19). The van der Waals surface area contributed by atoms with Crippen LogP contribution in [0.25, 0.3) is 0 Å². The van der Waals surface area contributed by atoms with Gasteiger partial charge in [-0.3, -0.25) is 9.59 Å². The molecular formula is C15H20N2O2. The van der Waals surface area contributed by atoms with Crippen LogP contribution in [0.1, 0.15) is 37.4 Å². The minimum atomic E-state index is -0.131. The van der Waals surface area contributed by atoms with E-state index < -0.39 is 0 Å². The molecule has 1 unspecified atom stereocenters. The first-order chi connectivity index (χ1) is 9.13. The van der Waals surface area contributed by atoms with Crippen LogP contribution in [0.3, 0.4) is 0 Å². The fraction of sp³-hybridized carbons (Fsp3) is 0.467. The maximum atomic E-state index is 11.8. The molecule has 0 spiro atoms. The molecule has 0 radical (unpaired) electrons. The molecule has 1 aliphatic rings. The Hall–Kier alpha value is -1.84. The number of carbonyl (C=O) groups excluding carboxylic acids is 2. The van der Waals surface area contributed by atoms with Crippen molar-refractivity contribution in [2.24, 2.45) is 0 Å². The van der Waals surface area contributed by atoms with E-state index in [1.165, 1.54) is 5.56 Å². The van der Waals surface area contributed by atoms with Crippen molar-refractivity contribution in [1.29, 1.82) is 0 Å². The van der Waals surface area contributed by atoms with E-state index in [1.807, 2.05) is 25.1 Å². The Morgan fingerprint density at radius 3 is 2.79 bits per heavy atom. The van der Waals surface area contributed by atoms with E-state index in [-0.39, 0.29) is 17.9 Å². The molecule has 0 saturated carbocycles. The van der Waals surface area contributed by atoms with Gasteiger partial charge in [0.05, 0.1) is 12.5 Å². The van der Waals surface area contributed by atoms with E-state index in [9.17, 15) is 9.59 Å². The first kappa shape index (κ1) is 13.6. The molecule has 0 aliphatic carbocycles. The molecule has 0 aromatic heterocycles. The zero-order chi connectivity index (χ0) is 13.8. The zero-order valence-electron chi connectivity index (χ0n) is 11.5. The van der Waals surface area contributed by atoms with E-state index in [4.69, 9.17) is 0 Å². The summed E-state index contributed by atoms with van der Waals surface area (Å²) in [6.45, 7) is 4.78. The second-order valence-corrected chi connectivity index (χ2v) is 4.83. The van der Waals surface area contributed by atoms with Gasteiger partial charge < -0.3 is 10.2 Å². The molecule has 2 rings (SSSR count). The third-order valence-corrected chi connectivity index (χ3v) is 3.57. The Bertz CT molecular complexity index is 485. The fourth-order valence-electron chi connectivity index (χ4n) is 2.69. The highest BCUT2D eigenvalue weighted by Gasteiger charge is 2.30. The molecule has 0 fully saturated rings. The summed E-state index contributed by atoms with van der Waals surface area (Å²) < 4.78 is 0. The number of rotatable bonds is 3. The topological polar surface area (TPSA) is 49.4 Å². The first-order valence-corrected chi connectivity index (χ1v) is 6.75. The molecule has 4 nitrogen and oxygen atoms in total. The molecule has 4 heteroatoms. The number of benzene rings is 1. The van der Waals surface area contributed by atoms with Gasteiger partial charge in [-0.2, -0.15) is 0 Å². The maximum absolute atomic E-state index is 11.8. The number of fused-ring (bicyclic) bond motifs is 1. The Labute approximate surface area is 113 Å². The van der Waals surface area contributed by atoms with Crippen LogP contribution in [0.2, 0.25) is 0 Å². The van der Waals surface area contributed by atoms with E-state index >= 15 is 0 Å². The van der Waals surface area contributed by atoms with Gasteiger partial charge in [0.1, 0.15) is 0 Å². The molecule has 19 heavy (non-hydrogen) atoms. The van der Waals surface area contributed by atoms with Gasteiger partial charge in [-0.15, -0.1) is 0 Å². The van der Waals surface area contributed by atoms with Crippen LogP contribution < -0.4 is 5.32 Å². The van der Waals surface area contributed by atoms with Crippen molar-refractivity contribution in [1.82, 2.24) is 10.2 Å². The van der Waals surface area contributed by atoms with Crippen LogP contribution in [-0.4, -0.2) is 29.8 Å². The second kappa shape index (κ2) is 5.87. The summed E-state index contributed by atoms with van der Waals surface area (Å²) in [5.41, 5.74) is 2.35. The van der Waals surface area contributed by atoms with E-state index in [0.717, 1.165) is 12.0 Å². The van der Waals surface area contributed by atoms with E-state index in [0.29, 0.717) is 19.5 Å². The van der Waals surface area contributed by atoms with E-state index in [1.54, 1.807) is 11.8 Å². The predicted octanol–water partition coefficient (Wildman–Crippen LogP) is 1.66. The van der Waals surface area contributed by atoms with Crippen molar-refractivity contribution in [2.75, 3.05) is 13.1 Å². The number of hydrogen-bond acceptors (Lipinski definition) is 2. The first-order valence-electron chi connectivity index (χ1n) is 6.75. The molecule has 1 atom stereocenters. The Balaban J connectivity index is 2.27. The van der Waals surface area contributed by atoms with Crippen molar-refractivity contribution >= 4 is 11.8 Å². The van der Waals surface area contributed by atoms with Crippen LogP contribution in [0.15, 0.2) is 24.3 Å². The SMILES string of the molecule is CCNC(=O)CC1c2ccccc2CCN1C(C)=O. The lowest BCUT2D eigenvalue weighted by atomic mass is 9.90. The summed E-state index contributed by atoms with van der Waals surface area (Å²) in [4.78, 5) is 25.4. The molecule has 2 amide bonds. The van der Waals surface area contributed by atoms with Crippen LogP contribution in [0, 0.1) is 0 Å². The fourth-order valence-corrected chi connectivity index (χ4v) is 2.69. The van der Waals surface area contributed by atoms with Gasteiger partial charge in [0, 0.05) is 20.0 Å². The summed E-state index contributed by atoms with van der Waals surface area (Å²) in [5, 5.41) is 2.81. The molecule has 1 aromatic rings. The van der Waals surface area contributed by atoms with Gasteiger partial charge in [0.15, 0.2) is 0 Å². The van der Waals surface area contributed by atoms with Crippen molar-refractivity contribution in [3.05, 3.63) is 35.4 Å². The van der Waals surface area contributed by atoms with Gasteiger partial charge in [-0.05, 0) is 24.5 Å². The van der Waals surface area contributed by atoms with Gasteiger partial charge in [-0.25, -0.2) is 0 Å². The molecule has 1 N–H and O–H groups in total. The number of hydrogen-bond donors (Lipinski definition) is 1. The van der Waals surface area contributed by atoms with Gasteiger partial charge in [-0.1, -0.05) is 24.3 Å². The predicted molar refractivity (Wildman–Crippen MR) is 73.6 cm³/mol. The second-order valence-electron chi connectivity index (χ2n) is 4.83. The number of nitrogens with one attached hydrogen (secondary N) is 1. The van der Waals surface area contributed by atoms with E-state index in [2.05, 4.69) is 11.4 Å². The van der Waals surface area contributed by atoms with Crippen molar-refractivity contribution in [3.63, 3.8) is 0 Å². The third kappa shape index (κ3) is 2.95. The van der Waals surface area contributed by atoms with Crippen molar-refractivity contribution < 1.29 is 9.59 Å². The Kier molecular flexibility index (Phi) is 4.20. The molecule has 0 saturated heterocycles. The summed E-state index contributed by atoms with van der Waals surface area (Å²) in [6.07, 6.45) is 1.20. The van der Waals surface area contributed by atoms with Crippen LogP contribution >= 0.6 is 0 Å². The molecule has 1 heterocycles. The highest BCUT2D eigenvalue weighted by Crippen LogP contribution is 2.32. The minimum Gasteiger partial charge on any atom is -0.356 e. The van der Waals surface area contributed by atoms with Crippen molar-refractivity contribution in [2.45, 2.75) is 32.7 Å². The largest absolute Gasteiger partial charge is 0.356 e. The zero-order valence-corrected chi connectivity index (χ0v) is 11.5. The molecular weight excluding hydrogens is 240 g/mol. The number of nitrogens with zero attached hydrogens (tertiary/aromatic N) is 1. The van der Waals surface area contributed by atoms with Gasteiger partial charge in [0.25, 0.3) is 0 Å². The highest BCUT2D eigenvalue weighted by atomic mass is 16.2. The number of amides is 2. The quantitative estimate of drug-likeness (QED) is 0.898. The maximum Gasteiger partial charge on any atom is 0.222 e. The summed E-state index contributed by atoms with van der Waals surface area (Å²) >= 11 is 0. The molecule has 0 bridgehead atoms. The third-order valence-electron chi connectivity index (χ3n) is 3.57. The normalized spacial score (nSPS) is 17.8. The lowest BCUT2D eigenvalue weighted by Crippen LogP contribution is -2.41. The average molecular weight is 260 g/mol. The molecule has 1 aromatic carbocycles. The summed E-state index contributed by atoms with van der Waals surface area (Å²) in [6, 6.07) is 7.94. The smallest absolute Gasteiger partial charge is 0.222 e. The monoisotopic (exact) mass is 260 g/mol. The van der Waals surface area contributed by atoms with Crippen LogP contribution in [0.4, 0.5) is 0 Å². The van der Waals surface area contributed by atoms with Gasteiger partial charge in [0.2, 0.25) is 11.8 Å². The Morgan fingerprint density at radius 2 is 2.11 bits per heavy atom. The van der Waals surface area contributed by atoms with Gasteiger partial charge >= 0.3 is 0 Å². The Morgan fingerprint density at radius 1 is 1.37 bits per heavy atom. The summed E-state index contributed by atoms with van der Waals surface area (Å²) in [7, 11) is 0. The van der Waals surface area contributed by atoms with Crippen LogP contribution in [0.5, 0.6) is 0 Å². The van der Waals surface area contributed by atoms with Crippen LogP contribution in [-0.2, 0) is 16.0 Å². The lowest BCUT2D eigenvalue weighted by Gasteiger charge is -2.36. The highest BCUT2D eigenvalue weighted by molar-refractivity contribution is 5.79. The molecule has 1 aliphatic heterocycles. The number of carbonyl (C=O) groups is 2. The van der Waals surface area contributed by atoms with Crippen molar-refractivity contribution in [3.8, 4) is 0 Å².